The van der Waals surface area contributed by atoms with Crippen LogP contribution >= 0.6 is 0 Å². The number of aromatic nitrogens is 1. The van der Waals surface area contributed by atoms with Crippen molar-refractivity contribution in [3.63, 3.8) is 0 Å². The van der Waals surface area contributed by atoms with Crippen molar-refractivity contribution in [1.82, 2.24) is 10.3 Å². The van der Waals surface area contributed by atoms with Gasteiger partial charge < -0.3 is 16.4 Å². The first-order valence-electron chi connectivity index (χ1n) is 11.3. The van der Waals surface area contributed by atoms with Gasteiger partial charge in [-0.3, -0.25) is 4.98 Å². The Labute approximate surface area is 214 Å². The maximum Gasteiger partial charge on any atom is 0.416 e. The molecule has 2 amide bonds. The van der Waals surface area contributed by atoms with Gasteiger partial charge in [0.25, 0.3) is 0 Å². The second kappa shape index (κ2) is 12.0. The van der Waals surface area contributed by atoms with Gasteiger partial charge >= 0.3 is 18.4 Å². The van der Waals surface area contributed by atoms with Crippen molar-refractivity contribution < 1.29 is 31.1 Å². The average molecular weight is 535 g/mol. The number of urea groups is 1. The third kappa shape index (κ3) is 7.94. The molecule has 4 aromatic rings. The summed E-state index contributed by atoms with van der Waals surface area (Å²) < 4.78 is 73.6. The van der Waals surface area contributed by atoms with Gasteiger partial charge in [-0.05, 0) is 54.4 Å². The summed E-state index contributed by atoms with van der Waals surface area (Å²) in [5.41, 5.74) is 6.61. The predicted molar refractivity (Wildman–Crippen MR) is 133 cm³/mol. The molecule has 3 aromatic carbocycles. The monoisotopic (exact) mass is 534 g/mol. The second-order valence-corrected chi connectivity index (χ2v) is 8.25. The smallest absolute Gasteiger partial charge is 0.334 e. The van der Waals surface area contributed by atoms with Crippen LogP contribution in [0.25, 0.3) is 10.8 Å². The van der Waals surface area contributed by atoms with E-state index in [1.807, 2.05) is 25.1 Å². The molecule has 0 radical (unpaired) electrons. The van der Waals surface area contributed by atoms with Gasteiger partial charge in [0.2, 0.25) is 0 Å². The van der Waals surface area contributed by atoms with Gasteiger partial charge in [0.1, 0.15) is 0 Å². The topological polar surface area (TPSA) is 80.0 Å². The molecule has 4 rings (SSSR count). The third-order valence-electron chi connectivity index (χ3n) is 5.40. The summed E-state index contributed by atoms with van der Waals surface area (Å²) in [5, 5.41) is 7.16. The highest BCUT2D eigenvalue weighted by atomic mass is 19.4. The highest BCUT2D eigenvalue weighted by Crippen LogP contribution is 2.30. The van der Waals surface area contributed by atoms with Crippen LogP contribution in [0.1, 0.15) is 27.9 Å². The second-order valence-electron chi connectivity index (χ2n) is 8.25. The minimum absolute atomic E-state index is 0.120. The van der Waals surface area contributed by atoms with E-state index in [9.17, 15) is 31.1 Å². The molecule has 0 aliphatic heterocycles. The van der Waals surface area contributed by atoms with E-state index in [1.165, 1.54) is 24.3 Å². The third-order valence-corrected chi connectivity index (χ3v) is 5.40. The maximum atomic E-state index is 12.5. The van der Waals surface area contributed by atoms with Crippen LogP contribution in [0.5, 0.6) is 0 Å². The Bertz CT molecular complexity index is 1370. The summed E-state index contributed by atoms with van der Waals surface area (Å²) in [6, 6.07) is 16.4. The zero-order valence-corrected chi connectivity index (χ0v) is 20.1. The van der Waals surface area contributed by atoms with E-state index < -0.39 is 29.5 Å². The predicted octanol–water partition coefficient (Wildman–Crippen LogP) is 7.05. The molecule has 0 fully saturated rings. The number of halogens is 6. The summed E-state index contributed by atoms with van der Waals surface area (Å²) >= 11 is 0. The van der Waals surface area contributed by atoms with Crippen molar-refractivity contribution in [2.75, 3.05) is 5.32 Å². The number of pyridine rings is 1. The lowest BCUT2D eigenvalue weighted by atomic mass is 10.1. The number of fused-ring (bicyclic) bond motifs is 1. The van der Waals surface area contributed by atoms with Crippen molar-refractivity contribution in [3.8, 4) is 0 Å². The van der Waals surface area contributed by atoms with Crippen molar-refractivity contribution in [2.24, 2.45) is 5.73 Å². The van der Waals surface area contributed by atoms with E-state index in [0.717, 1.165) is 40.7 Å². The number of amides is 2. The van der Waals surface area contributed by atoms with E-state index in [2.05, 4.69) is 15.6 Å². The van der Waals surface area contributed by atoms with Gasteiger partial charge in [-0.2, -0.15) is 26.3 Å². The number of rotatable bonds is 4. The molecule has 0 aliphatic rings. The van der Waals surface area contributed by atoms with Crippen LogP contribution < -0.4 is 16.4 Å². The highest BCUT2D eigenvalue weighted by molar-refractivity contribution is 6.01. The fraction of sp³-hybridized carbons (Fsp3) is 0.185. The van der Waals surface area contributed by atoms with Crippen LogP contribution in [0, 0.1) is 6.92 Å². The molecule has 1 heterocycles. The minimum Gasteiger partial charge on any atom is -0.334 e. The molecule has 4 N–H and O–H groups in total. The Morgan fingerprint density at radius 1 is 0.842 bits per heavy atom. The lowest BCUT2D eigenvalue weighted by Crippen LogP contribution is -2.28. The summed E-state index contributed by atoms with van der Waals surface area (Å²) in [7, 11) is 0. The zero-order valence-electron chi connectivity index (χ0n) is 20.1. The molecule has 38 heavy (non-hydrogen) atoms. The van der Waals surface area contributed by atoms with Crippen molar-refractivity contribution in [3.05, 3.63) is 107 Å². The minimum atomic E-state index is -4.37. The molecule has 0 aliphatic carbocycles. The first kappa shape index (κ1) is 28.5. The summed E-state index contributed by atoms with van der Waals surface area (Å²) in [4.78, 5) is 16.3. The highest BCUT2D eigenvalue weighted by Gasteiger charge is 2.30. The molecular formula is C27H24F6N4O. The molecule has 0 spiro atoms. The van der Waals surface area contributed by atoms with Crippen LogP contribution in [0.4, 0.5) is 36.8 Å². The Hall–Kier alpha value is -4.12. The Morgan fingerprint density at radius 3 is 1.92 bits per heavy atom. The standard InChI is InChI=1S/C19H16F3N3O.C8H8F3N/c1-12-9-16-14(11-23-12)3-2-4-17(16)25-18(26)24-10-13-5-7-15(8-6-13)19(20,21)22;9-8(10,11)7-3-1-6(5-12)2-4-7/h2-9,11H,10H2,1H3,(H2,24,25,26);1-4H,5,12H2. The largest absolute Gasteiger partial charge is 0.416 e. The Kier molecular flexibility index (Phi) is 8.95. The number of hydrogen-bond acceptors (Lipinski definition) is 3. The van der Waals surface area contributed by atoms with Gasteiger partial charge in [0.15, 0.2) is 0 Å². The lowest BCUT2D eigenvalue weighted by molar-refractivity contribution is -0.138. The molecule has 11 heteroatoms. The number of anilines is 1. The number of aryl methyl sites for hydroxylation is 1. The van der Waals surface area contributed by atoms with Crippen molar-refractivity contribution in [1.29, 1.82) is 0 Å². The van der Waals surface area contributed by atoms with Crippen LogP contribution in [0.2, 0.25) is 0 Å². The molecule has 1 aromatic heterocycles. The summed E-state index contributed by atoms with van der Waals surface area (Å²) in [6.45, 7) is 2.24. The summed E-state index contributed by atoms with van der Waals surface area (Å²) in [5.74, 6) is 0. The van der Waals surface area contributed by atoms with Crippen LogP contribution in [-0.4, -0.2) is 11.0 Å². The van der Waals surface area contributed by atoms with E-state index >= 15 is 0 Å². The first-order chi connectivity index (χ1) is 17.9. The Balaban J connectivity index is 0.000000279. The quantitative estimate of drug-likeness (QED) is 0.246. The van der Waals surface area contributed by atoms with Crippen LogP contribution in [0.15, 0.2) is 79.0 Å². The number of benzene rings is 3. The zero-order chi connectivity index (χ0) is 27.9. The molecule has 0 bridgehead atoms. The molecule has 5 nitrogen and oxygen atoms in total. The molecule has 0 unspecified atom stereocenters. The van der Waals surface area contributed by atoms with Gasteiger partial charge in [-0.25, -0.2) is 4.79 Å². The molecule has 0 saturated heterocycles. The average Bonchev–Trinajstić information content (AvgIpc) is 2.87. The number of nitrogens with zero attached hydrogens (tertiary/aromatic N) is 1. The van der Waals surface area contributed by atoms with Crippen LogP contribution in [0.3, 0.4) is 0 Å². The van der Waals surface area contributed by atoms with E-state index in [4.69, 9.17) is 5.73 Å². The van der Waals surface area contributed by atoms with Gasteiger partial charge in [-0.1, -0.05) is 36.4 Å². The fourth-order valence-electron chi connectivity index (χ4n) is 3.37. The van der Waals surface area contributed by atoms with E-state index in [-0.39, 0.29) is 13.1 Å². The molecule has 0 saturated carbocycles. The van der Waals surface area contributed by atoms with Gasteiger partial charge in [-0.15, -0.1) is 0 Å². The van der Waals surface area contributed by atoms with E-state index in [1.54, 1.807) is 12.3 Å². The molecular weight excluding hydrogens is 510 g/mol. The first-order valence-corrected chi connectivity index (χ1v) is 11.3. The number of hydrogen-bond donors (Lipinski definition) is 3. The van der Waals surface area contributed by atoms with Crippen molar-refractivity contribution in [2.45, 2.75) is 32.4 Å². The van der Waals surface area contributed by atoms with Gasteiger partial charge in [0, 0.05) is 35.8 Å². The molecule has 0 atom stereocenters. The fourth-order valence-corrected chi connectivity index (χ4v) is 3.37. The number of carbonyl (C=O) groups excluding carboxylic acids is 1. The maximum absolute atomic E-state index is 12.5. The van der Waals surface area contributed by atoms with Crippen molar-refractivity contribution >= 4 is 22.5 Å². The SMILES string of the molecule is Cc1cc2c(NC(=O)NCc3ccc(C(F)(F)F)cc3)cccc2cn1.NCc1ccc(C(F)(F)F)cc1. The number of alkyl halides is 6. The summed E-state index contributed by atoms with van der Waals surface area (Å²) in [6.07, 6.45) is -6.90. The van der Waals surface area contributed by atoms with Gasteiger partial charge in [0.05, 0.1) is 16.8 Å². The number of nitrogens with one attached hydrogen (secondary N) is 2. The number of carbonyl (C=O) groups is 1. The normalized spacial score (nSPS) is 11.5. The van der Waals surface area contributed by atoms with Crippen LogP contribution in [-0.2, 0) is 25.4 Å². The Morgan fingerprint density at radius 2 is 1.39 bits per heavy atom. The number of nitrogens with two attached hydrogens (primary N) is 1. The lowest BCUT2D eigenvalue weighted by Gasteiger charge is -2.11. The molecule has 200 valence electrons. The van der Waals surface area contributed by atoms with E-state index in [0.29, 0.717) is 16.8 Å².